The Morgan fingerprint density at radius 1 is 1.38 bits per heavy atom. The van der Waals surface area contributed by atoms with Crippen molar-refractivity contribution in [1.82, 2.24) is 20.4 Å². The van der Waals surface area contributed by atoms with E-state index in [4.69, 9.17) is 5.11 Å². The average Bonchev–Trinajstić information content (AvgIpc) is 2.94. The zero-order valence-electron chi connectivity index (χ0n) is 11.6. The van der Waals surface area contributed by atoms with Crippen molar-refractivity contribution in [2.75, 3.05) is 6.61 Å². The lowest BCUT2D eigenvalue weighted by molar-refractivity contribution is 0.220. The molecule has 2 rings (SSSR count). The molecule has 0 saturated heterocycles. The molecule has 2 aromatic rings. The topological polar surface area (TPSA) is 79.2 Å². The summed E-state index contributed by atoms with van der Waals surface area (Å²) >= 11 is 0. The van der Waals surface area contributed by atoms with Gasteiger partial charge in [0, 0.05) is 6.20 Å². The maximum atomic E-state index is 12.8. The first-order chi connectivity index (χ1) is 10.1. The lowest BCUT2D eigenvalue weighted by Crippen LogP contribution is -2.42. The third-order valence-corrected chi connectivity index (χ3v) is 2.82. The Kier molecular flexibility index (Phi) is 4.89. The molecule has 3 N–H and O–H groups in total. The van der Waals surface area contributed by atoms with Crippen LogP contribution in [0, 0.1) is 5.82 Å². The molecule has 21 heavy (non-hydrogen) atoms. The molecule has 1 heterocycles. The van der Waals surface area contributed by atoms with Crippen LogP contribution in [0.4, 0.5) is 9.18 Å². The van der Waals surface area contributed by atoms with Crippen molar-refractivity contribution in [2.45, 2.75) is 19.5 Å². The molecule has 7 heteroatoms. The van der Waals surface area contributed by atoms with Gasteiger partial charge in [-0.3, -0.25) is 0 Å². The first kappa shape index (κ1) is 15.0. The molecule has 0 saturated carbocycles. The zero-order valence-corrected chi connectivity index (χ0v) is 11.6. The van der Waals surface area contributed by atoms with E-state index in [9.17, 15) is 9.18 Å². The fourth-order valence-corrected chi connectivity index (χ4v) is 1.68. The van der Waals surface area contributed by atoms with Crippen LogP contribution in [0.15, 0.2) is 36.5 Å². The van der Waals surface area contributed by atoms with Gasteiger partial charge in [-0.15, -0.1) is 0 Å². The summed E-state index contributed by atoms with van der Waals surface area (Å²) in [6.45, 7) is 1.84. The number of aliphatic hydroxyl groups excluding tert-OH is 1. The molecule has 0 aliphatic carbocycles. The fraction of sp³-hybridized carbons (Fsp3) is 0.286. The highest BCUT2D eigenvalue weighted by Gasteiger charge is 2.07. The summed E-state index contributed by atoms with van der Waals surface area (Å²) in [7, 11) is 0. The second-order valence-electron chi connectivity index (χ2n) is 4.64. The van der Waals surface area contributed by atoms with Gasteiger partial charge in [-0.2, -0.15) is 5.10 Å². The van der Waals surface area contributed by atoms with Gasteiger partial charge in [-0.1, -0.05) is 0 Å². The number of aromatic nitrogens is 2. The molecule has 6 nitrogen and oxygen atoms in total. The predicted molar refractivity (Wildman–Crippen MR) is 75.4 cm³/mol. The quantitative estimate of drug-likeness (QED) is 0.774. The summed E-state index contributed by atoms with van der Waals surface area (Å²) in [5.74, 6) is -0.303. The summed E-state index contributed by atoms with van der Waals surface area (Å²) in [6, 6.07) is 7.05. The summed E-state index contributed by atoms with van der Waals surface area (Å²) in [6.07, 6.45) is 1.73. The molecule has 0 radical (unpaired) electrons. The van der Waals surface area contributed by atoms with E-state index in [-0.39, 0.29) is 31.0 Å². The van der Waals surface area contributed by atoms with E-state index in [0.717, 1.165) is 5.69 Å². The van der Waals surface area contributed by atoms with Gasteiger partial charge in [0.1, 0.15) is 5.82 Å². The van der Waals surface area contributed by atoms with E-state index in [1.807, 2.05) is 0 Å². The number of halogens is 1. The second-order valence-corrected chi connectivity index (χ2v) is 4.64. The van der Waals surface area contributed by atoms with Gasteiger partial charge in [-0.25, -0.2) is 13.9 Å². The highest BCUT2D eigenvalue weighted by Crippen LogP contribution is 2.08. The van der Waals surface area contributed by atoms with E-state index >= 15 is 0 Å². The maximum absolute atomic E-state index is 12.8. The lowest BCUT2D eigenvalue weighted by Gasteiger charge is -2.11. The van der Waals surface area contributed by atoms with Crippen molar-refractivity contribution in [3.8, 4) is 5.69 Å². The van der Waals surface area contributed by atoms with Crippen LogP contribution in [-0.4, -0.2) is 33.6 Å². The molecule has 0 aliphatic rings. The van der Waals surface area contributed by atoms with Crippen LogP contribution in [-0.2, 0) is 6.54 Å². The minimum absolute atomic E-state index is 0.118. The minimum Gasteiger partial charge on any atom is -0.394 e. The number of carbonyl (C=O) groups is 1. The molecule has 112 valence electrons. The molecule has 0 spiro atoms. The Balaban J connectivity index is 1.91. The van der Waals surface area contributed by atoms with Gasteiger partial charge < -0.3 is 15.7 Å². The molecule has 1 aromatic carbocycles. The number of hydrogen-bond donors (Lipinski definition) is 3. The predicted octanol–water partition coefficient (Wildman–Crippen LogP) is 1.19. The Hall–Kier alpha value is -2.41. The van der Waals surface area contributed by atoms with E-state index in [1.54, 1.807) is 36.0 Å². The molecular weight excluding hydrogens is 275 g/mol. The number of nitrogens with zero attached hydrogens (tertiary/aromatic N) is 2. The van der Waals surface area contributed by atoms with E-state index in [1.165, 1.54) is 12.1 Å². The van der Waals surface area contributed by atoms with Gasteiger partial charge >= 0.3 is 6.03 Å². The van der Waals surface area contributed by atoms with Crippen molar-refractivity contribution in [3.63, 3.8) is 0 Å². The smallest absolute Gasteiger partial charge is 0.315 e. The molecule has 1 atom stereocenters. The number of nitrogens with one attached hydrogen (secondary N) is 2. The minimum atomic E-state index is -0.368. The standard InChI is InChI=1S/C14H17FN4O2/c1-10(9-20)17-14(21)16-8-12-6-7-19(18-12)13-4-2-11(15)3-5-13/h2-7,10,20H,8-9H2,1H3,(H2,16,17,21)/t10-/m0/s1. The van der Waals surface area contributed by atoms with Crippen LogP contribution < -0.4 is 10.6 Å². The third kappa shape index (κ3) is 4.28. The van der Waals surface area contributed by atoms with Gasteiger partial charge in [0.05, 0.1) is 30.6 Å². The Morgan fingerprint density at radius 3 is 2.76 bits per heavy atom. The first-order valence-corrected chi connectivity index (χ1v) is 6.54. The van der Waals surface area contributed by atoms with E-state index in [0.29, 0.717) is 5.69 Å². The van der Waals surface area contributed by atoms with Crippen molar-refractivity contribution in [3.05, 3.63) is 48.0 Å². The number of carbonyl (C=O) groups excluding carboxylic acids is 1. The molecule has 0 unspecified atom stereocenters. The fourth-order valence-electron chi connectivity index (χ4n) is 1.68. The largest absolute Gasteiger partial charge is 0.394 e. The Bertz CT molecular complexity index is 597. The lowest BCUT2D eigenvalue weighted by atomic mass is 10.3. The van der Waals surface area contributed by atoms with E-state index < -0.39 is 0 Å². The molecule has 0 bridgehead atoms. The number of benzene rings is 1. The van der Waals surface area contributed by atoms with Crippen molar-refractivity contribution in [1.29, 1.82) is 0 Å². The van der Waals surface area contributed by atoms with Crippen LogP contribution in [0.2, 0.25) is 0 Å². The molecule has 0 fully saturated rings. The summed E-state index contributed by atoms with van der Waals surface area (Å²) < 4.78 is 14.5. The van der Waals surface area contributed by atoms with Gasteiger partial charge in [0.2, 0.25) is 0 Å². The molecule has 1 aromatic heterocycles. The number of hydrogen-bond acceptors (Lipinski definition) is 3. The van der Waals surface area contributed by atoms with Gasteiger partial charge in [-0.05, 0) is 37.3 Å². The van der Waals surface area contributed by atoms with Crippen molar-refractivity contribution < 1.29 is 14.3 Å². The molecule has 2 amide bonds. The average molecular weight is 292 g/mol. The number of urea groups is 1. The van der Waals surface area contributed by atoms with Crippen LogP contribution in [0.5, 0.6) is 0 Å². The SMILES string of the molecule is C[C@@H](CO)NC(=O)NCc1ccn(-c2ccc(F)cc2)n1. The Labute approximate surface area is 121 Å². The number of rotatable bonds is 5. The monoisotopic (exact) mass is 292 g/mol. The van der Waals surface area contributed by atoms with Crippen LogP contribution >= 0.6 is 0 Å². The third-order valence-electron chi connectivity index (χ3n) is 2.82. The summed E-state index contributed by atoms with van der Waals surface area (Å²) in [4.78, 5) is 11.5. The second kappa shape index (κ2) is 6.85. The molecular formula is C14H17FN4O2. The number of aliphatic hydroxyl groups is 1. The van der Waals surface area contributed by atoms with Gasteiger partial charge in [0.25, 0.3) is 0 Å². The van der Waals surface area contributed by atoms with Crippen molar-refractivity contribution >= 4 is 6.03 Å². The summed E-state index contributed by atoms with van der Waals surface area (Å²) in [5.41, 5.74) is 1.41. The highest BCUT2D eigenvalue weighted by atomic mass is 19.1. The van der Waals surface area contributed by atoms with Crippen LogP contribution in [0.25, 0.3) is 5.69 Å². The Morgan fingerprint density at radius 2 is 2.10 bits per heavy atom. The van der Waals surface area contributed by atoms with Crippen molar-refractivity contribution in [2.24, 2.45) is 0 Å². The first-order valence-electron chi connectivity index (χ1n) is 6.54. The van der Waals surface area contributed by atoms with Gasteiger partial charge in [0.15, 0.2) is 0 Å². The summed E-state index contributed by atoms with van der Waals surface area (Å²) in [5, 5.41) is 18.3. The highest BCUT2D eigenvalue weighted by molar-refractivity contribution is 5.74. The van der Waals surface area contributed by atoms with E-state index in [2.05, 4.69) is 15.7 Å². The number of amides is 2. The molecule has 0 aliphatic heterocycles. The normalized spacial score (nSPS) is 12.0. The maximum Gasteiger partial charge on any atom is 0.315 e. The zero-order chi connectivity index (χ0) is 15.2. The van der Waals surface area contributed by atoms with Crippen LogP contribution in [0.3, 0.4) is 0 Å². The van der Waals surface area contributed by atoms with Crippen LogP contribution in [0.1, 0.15) is 12.6 Å².